The third-order valence-corrected chi connectivity index (χ3v) is 6.91. The largest absolute Gasteiger partial charge is 0.395 e. The maximum absolute atomic E-state index is 13.0. The monoisotopic (exact) mass is 416 g/mol. The Kier molecular flexibility index (Phi) is 7.15. The number of thiophene rings is 1. The number of hydrogen-bond acceptors (Lipinski definition) is 6. The molecule has 140 valence electrons. The lowest BCUT2D eigenvalue weighted by Gasteiger charge is -2.17. The predicted octanol–water partition coefficient (Wildman–Crippen LogP) is 1.14. The van der Waals surface area contributed by atoms with Crippen molar-refractivity contribution in [1.29, 1.82) is 0 Å². The van der Waals surface area contributed by atoms with Crippen molar-refractivity contribution in [3.8, 4) is 0 Å². The van der Waals surface area contributed by atoms with E-state index in [1.165, 1.54) is 35.6 Å². The Hall–Kier alpha value is -1.94. The van der Waals surface area contributed by atoms with Crippen LogP contribution in [0.4, 0.5) is 0 Å². The molecular weight excluding hydrogens is 400 g/mol. The van der Waals surface area contributed by atoms with Crippen molar-refractivity contribution in [1.82, 2.24) is 10.6 Å². The lowest BCUT2D eigenvalue weighted by molar-refractivity contribution is -0.139. The van der Waals surface area contributed by atoms with Gasteiger partial charge in [-0.15, -0.1) is 11.3 Å². The highest BCUT2D eigenvalue weighted by Crippen LogP contribution is 2.31. The third kappa shape index (κ3) is 5.04. The normalized spacial score (nSPS) is 12.4. The van der Waals surface area contributed by atoms with Gasteiger partial charge in [-0.05, 0) is 35.7 Å². The first-order valence-electron chi connectivity index (χ1n) is 7.56. The highest BCUT2D eigenvalue weighted by molar-refractivity contribution is 7.91. The molecular formula is C16H17ClN2O5S2. The topological polar surface area (TPSA) is 113 Å². The number of carbonyl (C=O) groups excluding carboxylic acids is 2. The highest BCUT2D eigenvalue weighted by Gasteiger charge is 2.31. The van der Waals surface area contributed by atoms with Gasteiger partial charge in [-0.1, -0.05) is 17.7 Å². The average Bonchev–Trinajstić information content (AvgIpc) is 3.14. The molecule has 0 aliphatic heterocycles. The number of sulfone groups is 1. The van der Waals surface area contributed by atoms with E-state index >= 15 is 0 Å². The number of nitrogens with one attached hydrogen (secondary N) is 2. The number of amides is 2. The van der Waals surface area contributed by atoms with E-state index in [1.807, 2.05) is 0 Å². The van der Waals surface area contributed by atoms with E-state index in [0.29, 0.717) is 9.90 Å². The van der Waals surface area contributed by atoms with Crippen molar-refractivity contribution >= 4 is 44.6 Å². The number of aliphatic hydroxyl groups excluding tert-OH is 1. The summed E-state index contributed by atoms with van der Waals surface area (Å²) in [4.78, 5) is 24.0. The molecule has 2 amide bonds. The molecule has 2 rings (SSSR count). The highest BCUT2D eigenvalue weighted by atomic mass is 35.5. The number of halogens is 1. The van der Waals surface area contributed by atoms with E-state index in [1.54, 1.807) is 17.5 Å². The zero-order valence-corrected chi connectivity index (χ0v) is 15.9. The Morgan fingerprint density at radius 3 is 2.35 bits per heavy atom. The summed E-state index contributed by atoms with van der Waals surface area (Å²) in [5.41, 5.74) is 0. The standard InChI is InChI=1S/C16H17ClN2O5S2/c17-11-3-5-12(6-4-11)26(23,24)14(13-2-1-9-25-13)10-19-16(22)15(21)18-7-8-20/h1-6,9,14,20H,7-8,10H2,(H,18,21)(H,19,22). The summed E-state index contributed by atoms with van der Waals surface area (Å²) in [6, 6.07) is 9.10. The van der Waals surface area contributed by atoms with Crippen LogP contribution in [0.15, 0.2) is 46.7 Å². The van der Waals surface area contributed by atoms with Gasteiger partial charge in [0.15, 0.2) is 9.84 Å². The smallest absolute Gasteiger partial charge is 0.309 e. The van der Waals surface area contributed by atoms with Crippen LogP contribution < -0.4 is 10.6 Å². The molecule has 0 aliphatic carbocycles. The van der Waals surface area contributed by atoms with Crippen molar-refractivity contribution in [3.05, 3.63) is 51.7 Å². The average molecular weight is 417 g/mol. The van der Waals surface area contributed by atoms with Crippen molar-refractivity contribution in [3.63, 3.8) is 0 Å². The van der Waals surface area contributed by atoms with E-state index < -0.39 is 26.9 Å². The number of carbonyl (C=O) groups is 2. The van der Waals surface area contributed by atoms with Gasteiger partial charge in [0.25, 0.3) is 0 Å². The summed E-state index contributed by atoms with van der Waals surface area (Å²) in [5, 5.41) is 14.3. The fourth-order valence-electron chi connectivity index (χ4n) is 2.14. The first kappa shape index (κ1) is 20.4. The molecule has 7 nitrogen and oxygen atoms in total. The number of benzene rings is 1. The second-order valence-electron chi connectivity index (χ2n) is 5.19. The number of rotatable bonds is 7. The lowest BCUT2D eigenvalue weighted by Crippen LogP contribution is -2.43. The molecule has 1 aromatic carbocycles. The quantitative estimate of drug-likeness (QED) is 0.586. The Balaban J connectivity index is 2.21. The molecule has 0 fully saturated rings. The molecule has 0 saturated carbocycles. The molecule has 1 aromatic heterocycles. The minimum Gasteiger partial charge on any atom is -0.395 e. The molecule has 10 heteroatoms. The third-order valence-electron chi connectivity index (χ3n) is 3.43. The fourth-order valence-corrected chi connectivity index (χ4v) is 5.05. The van der Waals surface area contributed by atoms with Gasteiger partial charge < -0.3 is 15.7 Å². The van der Waals surface area contributed by atoms with Crippen molar-refractivity contribution in [2.75, 3.05) is 19.7 Å². The molecule has 0 spiro atoms. The van der Waals surface area contributed by atoms with Gasteiger partial charge >= 0.3 is 11.8 Å². The van der Waals surface area contributed by atoms with Crippen molar-refractivity contribution in [2.24, 2.45) is 0 Å². The van der Waals surface area contributed by atoms with E-state index in [0.717, 1.165) is 0 Å². The Morgan fingerprint density at radius 1 is 1.12 bits per heavy atom. The number of hydrogen-bond donors (Lipinski definition) is 3. The van der Waals surface area contributed by atoms with Crippen LogP contribution in [0.2, 0.25) is 5.02 Å². The molecule has 1 unspecified atom stereocenters. The van der Waals surface area contributed by atoms with Gasteiger partial charge in [-0.2, -0.15) is 0 Å². The van der Waals surface area contributed by atoms with Crippen LogP contribution in [0, 0.1) is 0 Å². The molecule has 26 heavy (non-hydrogen) atoms. The van der Waals surface area contributed by atoms with Gasteiger partial charge in [-0.3, -0.25) is 9.59 Å². The zero-order valence-electron chi connectivity index (χ0n) is 13.5. The van der Waals surface area contributed by atoms with E-state index in [4.69, 9.17) is 16.7 Å². The molecule has 1 heterocycles. The minimum absolute atomic E-state index is 0.0658. The van der Waals surface area contributed by atoms with Gasteiger partial charge in [0, 0.05) is 23.0 Å². The number of aliphatic hydroxyl groups is 1. The molecule has 0 bridgehead atoms. The van der Waals surface area contributed by atoms with Gasteiger partial charge in [0.2, 0.25) is 0 Å². The predicted molar refractivity (Wildman–Crippen MR) is 98.8 cm³/mol. The first-order chi connectivity index (χ1) is 12.4. The summed E-state index contributed by atoms with van der Waals surface area (Å²) in [6.07, 6.45) is 0. The van der Waals surface area contributed by atoms with Crippen LogP contribution in [0.5, 0.6) is 0 Å². The van der Waals surface area contributed by atoms with Crippen molar-refractivity contribution < 1.29 is 23.1 Å². The first-order valence-corrected chi connectivity index (χ1v) is 10.4. The minimum atomic E-state index is -3.81. The van der Waals surface area contributed by atoms with Crippen LogP contribution in [0.3, 0.4) is 0 Å². The Labute approximate surface area is 159 Å². The van der Waals surface area contributed by atoms with E-state index in [2.05, 4.69) is 10.6 Å². The second kappa shape index (κ2) is 9.13. The van der Waals surface area contributed by atoms with Gasteiger partial charge in [-0.25, -0.2) is 8.42 Å². The SMILES string of the molecule is O=C(NCCO)C(=O)NCC(c1cccs1)S(=O)(=O)c1ccc(Cl)cc1. The van der Waals surface area contributed by atoms with Crippen LogP contribution in [0.1, 0.15) is 10.1 Å². The molecule has 0 radical (unpaired) electrons. The summed E-state index contributed by atoms with van der Waals surface area (Å²) < 4.78 is 26.0. The summed E-state index contributed by atoms with van der Waals surface area (Å²) in [5.74, 6) is -1.90. The van der Waals surface area contributed by atoms with Crippen LogP contribution in [-0.2, 0) is 19.4 Å². The van der Waals surface area contributed by atoms with Crippen LogP contribution in [-0.4, -0.2) is 45.0 Å². The Bertz CT molecular complexity index is 851. The molecule has 0 saturated heterocycles. The maximum atomic E-state index is 13.0. The van der Waals surface area contributed by atoms with E-state index in [-0.39, 0.29) is 24.6 Å². The van der Waals surface area contributed by atoms with Crippen molar-refractivity contribution in [2.45, 2.75) is 10.1 Å². The van der Waals surface area contributed by atoms with Crippen LogP contribution >= 0.6 is 22.9 Å². The Morgan fingerprint density at radius 2 is 1.77 bits per heavy atom. The summed E-state index contributed by atoms with van der Waals surface area (Å²) in [6.45, 7) is -0.637. The maximum Gasteiger partial charge on any atom is 0.309 e. The summed E-state index contributed by atoms with van der Waals surface area (Å²) >= 11 is 7.05. The lowest BCUT2D eigenvalue weighted by atomic mass is 10.3. The molecule has 1 atom stereocenters. The van der Waals surface area contributed by atoms with Gasteiger partial charge in [0.05, 0.1) is 11.5 Å². The summed E-state index contributed by atoms with van der Waals surface area (Å²) in [7, 11) is -3.81. The molecule has 0 aliphatic rings. The zero-order chi connectivity index (χ0) is 19.2. The second-order valence-corrected chi connectivity index (χ2v) is 8.74. The van der Waals surface area contributed by atoms with Gasteiger partial charge in [0.1, 0.15) is 5.25 Å². The molecule has 2 aromatic rings. The fraction of sp³-hybridized carbons (Fsp3) is 0.250. The molecule has 3 N–H and O–H groups in total. The van der Waals surface area contributed by atoms with Crippen LogP contribution in [0.25, 0.3) is 0 Å². The van der Waals surface area contributed by atoms with E-state index in [9.17, 15) is 18.0 Å².